The summed E-state index contributed by atoms with van der Waals surface area (Å²) in [5.74, 6) is -0.894. The number of allylic oxidation sites excluding steroid dienone is 1. The van der Waals surface area contributed by atoms with Crippen LogP contribution in [0.3, 0.4) is 0 Å². The Hall–Kier alpha value is -2.36. The maximum Gasteiger partial charge on any atom is 0.327 e. The predicted molar refractivity (Wildman–Crippen MR) is 84.1 cm³/mol. The molecule has 0 bridgehead atoms. The molecule has 0 saturated carbocycles. The van der Waals surface area contributed by atoms with E-state index in [0.717, 1.165) is 18.4 Å². The van der Waals surface area contributed by atoms with Crippen molar-refractivity contribution in [2.24, 2.45) is 4.99 Å². The zero-order valence-corrected chi connectivity index (χ0v) is 12.1. The third kappa shape index (κ3) is 3.81. The van der Waals surface area contributed by atoms with E-state index in [0.29, 0.717) is 0 Å². The molecule has 2 atom stereocenters. The second kappa shape index (κ2) is 7.43. The molecule has 1 aliphatic heterocycles. The Balaban J connectivity index is 2.35. The molecule has 0 amide bonds. The molecule has 1 aromatic carbocycles. The molecule has 1 aromatic rings. The van der Waals surface area contributed by atoms with E-state index in [1.807, 2.05) is 30.3 Å². The monoisotopic (exact) mass is 284 g/mol. The van der Waals surface area contributed by atoms with Gasteiger partial charge in [0.1, 0.15) is 6.04 Å². The number of hydrogen-bond acceptors (Lipinski definition) is 3. The van der Waals surface area contributed by atoms with Crippen molar-refractivity contribution < 1.29 is 9.90 Å². The Morgan fingerprint density at radius 3 is 2.71 bits per heavy atom. The second-order valence-electron chi connectivity index (χ2n) is 4.97. The van der Waals surface area contributed by atoms with Gasteiger partial charge < -0.3 is 10.0 Å². The molecule has 4 heteroatoms. The minimum absolute atomic E-state index is 0.0684. The molecule has 2 unspecified atom stereocenters. The SMILES string of the molecule is CCCC(c1ccccc1)C(C(=O)O)N1C=CC=NC=C1. The summed E-state index contributed by atoms with van der Waals surface area (Å²) in [5, 5.41) is 9.73. The van der Waals surface area contributed by atoms with Crippen LogP contribution in [0.1, 0.15) is 31.2 Å². The zero-order valence-electron chi connectivity index (χ0n) is 12.1. The summed E-state index contributed by atoms with van der Waals surface area (Å²) >= 11 is 0. The van der Waals surface area contributed by atoms with E-state index in [1.165, 1.54) is 0 Å². The van der Waals surface area contributed by atoms with Gasteiger partial charge in [-0.3, -0.25) is 4.99 Å². The highest BCUT2D eigenvalue weighted by Gasteiger charge is 2.32. The smallest absolute Gasteiger partial charge is 0.327 e. The van der Waals surface area contributed by atoms with Crippen LogP contribution in [0.15, 0.2) is 60.0 Å². The lowest BCUT2D eigenvalue weighted by Crippen LogP contribution is -2.39. The van der Waals surface area contributed by atoms with Gasteiger partial charge >= 0.3 is 5.97 Å². The first-order chi connectivity index (χ1) is 10.2. The molecule has 0 saturated heterocycles. The molecule has 0 fully saturated rings. The van der Waals surface area contributed by atoms with Crippen LogP contribution < -0.4 is 0 Å². The Kier molecular flexibility index (Phi) is 5.32. The second-order valence-corrected chi connectivity index (χ2v) is 4.97. The fraction of sp³-hybridized carbons (Fsp3) is 0.294. The van der Waals surface area contributed by atoms with E-state index >= 15 is 0 Å². The van der Waals surface area contributed by atoms with Gasteiger partial charge in [0.25, 0.3) is 0 Å². The molecular formula is C17H20N2O2. The van der Waals surface area contributed by atoms with Gasteiger partial charge in [0.2, 0.25) is 0 Å². The Labute approximate surface area is 125 Å². The first-order valence-corrected chi connectivity index (χ1v) is 7.16. The summed E-state index contributed by atoms with van der Waals surface area (Å²) in [6, 6.07) is 9.21. The number of aliphatic carboxylic acids is 1. The summed E-state index contributed by atoms with van der Waals surface area (Å²) < 4.78 is 0. The predicted octanol–water partition coefficient (Wildman–Crippen LogP) is 3.39. The summed E-state index contributed by atoms with van der Waals surface area (Å²) in [7, 11) is 0. The van der Waals surface area contributed by atoms with E-state index in [1.54, 1.807) is 35.8 Å². The first kappa shape index (κ1) is 15.0. The van der Waals surface area contributed by atoms with Crippen molar-refractivity contribution in [3.8, 4) is 0 Å². The normalized spacial score (nSPS) is 16.5. The molecule has 1 aliphatic rings. The van der Waals surface area contributed by atoms with E-state index in [4.69, 9.17) is 0 Å². The van der Waals surface area contributed by atoms with Gasteiger partial charge in [-0.15, -0.1) is 0 Å². The molecule has 2 rings (SSSR count). The third-order valence-electron chi connectivity index (χ3n) is 3.54. The van der Waals surface area contributed by atoms with Crippen LogP contribution >= 0.6 is 0 Å². The van der Waals surface area contributed by atoms with E-state index in [9.17, 15) is 9.90 Å². The van der Waals surface area contributed by atoms with Crippen molar-refractivity contribution >= 4 is 12.2 Å². The van der Waals surface area contributed by atoms with Crippen molar-refractivity contribution in [2.75, 3.05) is 0 Å². The van der Waals surface area contributed by atoms with Crippen molar-refractivity contribution in [3.63, 3.8) is 0 Å². The fourth-order valence-electron chi connectivity index (χ4n) is 2.61. The molecule has 1 heterocycles. The largest absolute Gasteiger partial charge is 0.480 e. The summed E-state index contributed by atoms with van der Waals surface area (Å²) in [4.78, 5) is 17.6. The maximum atomic E-state index is 11.9. The molecule has 110 valence electrons. The minimum Gasteiger partial charge on any atom is -0.480 e. The van der Waals surface area contributed by atoms with Crippen molar-refractivity contribution in [1.29, 1.82) is 0 Å². The van der Waals surface area contributed by atoms with Gasteiger partial charge in [0.05, 0.1) is 0 Å². The number of nitrogens with zero attached hydrogens (tertiary/aromatic N) is 2. The van der Waals surface area contributed by atoms with Gasteiger partial charge in [0, 0.05) is 30.7 Å². The maximum absolute atomic E-state index is 11.9. The Morgan fingerprint density at radius 2 is 2.05 bits per heavy atom. The van der Waals surface area contributed by atoms with Crippen LogP contribution in [0, 0.1) is 0 Å². The average molecular weight is 284 g/mol. The highest BCUT2D eigenvalue weighted by molar-refractivity contribution is 5.76. The highest BCUT2D eigenvalue weighted by atomic mass is 16.4. The highest BCUT2D eigenvalue weighted by Crippen LogP contribution is 2.29. The van der Waals surface area contributed by atoms with Crippen LogP contribution in [-0.4, -0.2) is 28.2 Å². The number of carboxylic acid groups (broad SMARTS) is 1. The van der Waals surface area contributed by atoms with Crippen LogP contribution in [-0.2, 0) is 4.79 Å². The lowest BCUT2D eigenvalue weighted by molar-refractivity contribution is -0.142. The molecule has 0 aliphatic carbocycles. The van der Waals surface area contributed by atoms with Gasteiger partial charge in [-0.25, -0.2) is 4.79 Å². The van der Waals surface area contributed by atoms with Gasteiger partial charge in [-0.2, -0.15) is 0 Å². The average Bonchev–Trinajstić information content (AvgIpc) is 2.76. The van der Waals surface area contributed by atoms with Crippen molar-refractivity contribution in [2.45, 2.75) is 31.7 Å². The summed E-state index contributed by atoms with van der Waals surface area (Å²) in [6.07, 6.45) is 10.2. The van der Waals surface area contributed by atoms with Crippen molar-refractivity contribution in [3.05, 3.63) is 60.6 Å². The lowest BCUT2D eigenvalue weighted by atomic mass is 9.87. The molecule has 4 nitrogen and oxygen atoms in total. The quantitative estimate of drug-likeness (QED) is 0.871. The number of aliphatic imine (C=N–C) groups is 1. The number of carboxylic acids is 1. The van der Waals surface area contributed by atoms with Crippen LogP contribution in [0.2, 0.25) is 0 Å². The van der Waals surface area contributed by atoms with Gasteiger partial charge in [0.15, 0.2) is 0 Å². The van der Waals surface area contributed by atoms with Crippen LogP contribution in [0.5, 0.6) is 0 Å². The van der Waals surface area contributed by atoms with Gasteiger partial charge in [-0.05, 0) is 18.1 Å². The minimum atomic E-state index is -0.825. The van der Waals surface area contributed by atoms with Crippen molar-refractivity contribution in [1.82, 2.24) is 4.90 Å². The summed E-state index contributed by atoms with van der Waals surface area (Å²) in [5.41, 5.74) is 1.05. The Bertz CT molecular complexity index is 533. The zero-order chi connectivity index (χ0) is 15.1. The standard InChI is InChI=1S/C17H20N2O2/c1-2-7-15(14-8-4-3-5-9-14)16(17(20)21)19-12-6-10-18-11-13-19/h3-6,8-13,15-16H,2,7H2,1H3,(H,20,21). The molecule has 0 aromatic heterocycles. The number of benzene rings is 1. The number of carbonyl (C=O) groups is 1. The van der Waals surface area contributed by atoms with Crippen LogP contribution in [0.4, 0.5) is 0 Å². The molecule has 21 heavy (non-hydrogen) atoms. The van der Waals surface area contributed by atoms with E-state index in [2.05, 4.69) is 11.9 Å². The third-order valence-corrected chi connectivity index (χ3v) is 3.54. The topological polar surface area (TPSA) is 52.9 Å². The Morgan fingerprint density at radius 1 is 1.29 bits per heavy atom. The first-order valence-electron chi connectivity index (χ1n) is 7.16. The van der Waals surface area contributed by atoms with E-state index < -0.39 is 12.0 Å². The molecule has 0 spiro atoms. The van der Waals surface area contributed by atoms with Crippen LogP contribution in [0.25, 0.3) is 0 Å². The van der Waals surface area contributed by atoms with Gasteiger partial charge in [-0.1, -0.05) is 43.7 Å². The fourth-order valence-corrected chi connectivity index (χ4v) is 2.61. The molecular weight excluding hydrogens is 264 g/mol. The number of hydrogen-bond donors (Lipinski definition) is 1. The lowest BCUT2D eigenvalue weighted by Gasteiger charge is -2.31. The molecule has 0 radical (unpaired) electrons. The summed E-state index contributed by atoms with van der Waals surface area (Å²) in [6.45, 7) is 2.08. The number of rotatable bonds is 6. The molecule has 1 N–H and O–H groups in total. The van der Waals surface area contributed by atoms with E-state index in [-0.39, 0.29) is 5.92 Å².